The molecule has 6 nitrogen and oxygen atoms in total. The molecule has 0 spiro atoms. The first-order valence-electron chi connectivity index (χ1n) is 6.61. The van der Waals surface area contributed by atoms with E-state index in [0.717, 1.165) is 5.69 Å². The van der Waals surface area contributed by atoms with Gasteiger partial charge in [0.1, 0.15) is 0 Å². The lowest BCUT2D eigenvalue weighted by Gasteiger charge is -2.10. The zero-order valence-corrected chi connectivity index (χ0v) is 13.6. The number of rotatable bonds is 4. The van der Waals surface area contributed by atoms with Gasteiger partial charge in [0.25, 0.3) is 0 Å². The Morgan fingerprint density at radius 2 is 2.14 bits per heavy atom. The van der Waals surface area contributed by atoms with Crippen molar-refractivity contribution in [1.29, 1.82) is 0 Å². The maximum Gasteiger partial charge on any atom is 0.320 e. The van der Waals surface area contributed by atoms with Crippen LogP contribution < -0.4 is 10.6 Å². The van der Waals surface area contributed by atoms with E-state index in [2.05, 4.69) is 15.7 Å². The Labute approximate surface area is 138 Å². The molecule has 2 aromatic rings. The van der Waals surface area contributed by atoms with E-state index in [1.54, 1.807) is 35.9 Å². The van der Waals surface area contributed by atoms with E-state index < -0.39 is 6.03 Å². The quantitative estimate of drug-likeness (QED) is 0.799. The second-order valence-electron chi connectivity index (χ2n) is 4.86. The summed E-state index contributed by atoms with van der Waals surface area (Å²) in [4.78, 5) is 11.7. The molecule has 0 aliphatic heterocycles. The third-order valence-electron chi connectivity index (χ3n) is 2.92. The van der Waals surface area contributed by atoms with E-state index in [-0.39, 0.29) is 12.6 Å². The molecule has 0 aliphatic carbocycles. The average molecular weight is 343 g/mol. The Kier molecular flexibility index (Phi) is 5.28. The van der Waals surface area contributed by atoms with Gasteiger partial charge in [-0.25, -0.2) is 9.48 Å². The molecule has 0 radical (unpaired) electrons. The van der Waals surface area contributed by atoms with Gasteiger partial charge >= 0.3 is 6.03 Å². The monoisotopic (exact) mass is 342 g/mol. The van der Waals surface area contributed by atoms with Gasteiger partial charge in [-0.05, 0) is 32.0 Å². The SMILES string of the molecule is Cc1cc(NC(=O)NC(C)CO)nn1-c1ccc(Cl)cc1Cl. The zero-order chi connectivity index (χ0) is 16.3. The molecule has 3 N–H and O–H groups in total. The van der Waals surface area contributed by atoms with Crippen LogP contribution in [0.5, 0.6) is 0 Å². The highest BCUT2D eigenvalue weighted by Gasteiger charge is 2.12. The molecule has 1 unspecified atom stereocenters. The van der Waals surface area contributed by atoms with Gasteiger partial charge in [0.2, 0.25) is 0 Å². The molecular weight excluding hydrogens is 327 g/mol. The lowest BCUT2D eigenvalue weighted by Crippen LogP contribution is -2.38. The molecule has 0 fully saturated rings. The van der Waals surface area contributed by atoms with Crippen LogP contribution in [0.15, 0.2) is 24.3 Å². The lowest BCUT2D eigenvalue weighted by molar-refractivity contribution is 0.229. The largest absolute Gasteiger partial charge is 0.394 e. The normalized spacial score (nSPS) is 12.0. The minimum absolute atomic E-state index is 0.138. The van der Waals surface area contributed by atoms with Crippen LogP contribution >= 0.6 is 23.2 Å². The number of amides is 2. The maximum atomic E-state index is 11.7. The summed E-state index contributed by atoms with van der Waals surface area (Å²) in [5, 5.41) is 19.4. The van der Waals surface area contributed by atoms with Crippen LogP contribution in [0.2, 0.25) is 10.0 Å². The van der Waals surface area contributed by atoms with E-state index in [4.69, 9.17) is 28.3 Å². The fourth-order valence-electron chi connectivity index (χ4n) is 1.85. The summed E-state index contributed by atoms with van der Waals surface area (Å²) in [6.45, 7) is 3.40. The number of benzene rings is 1. The molecule has 0 bridgehead atoms. The Balaban J connectivity index is 2.19. The molecule has 0 aliphatic rings. The predicted molar refractivity (Wildman–Crippen MR) is 87.0 cm³/mol. The first-order chi connectivity index (χ1) is 10.4. The summed E-state index contributed by atoms with van der Waals surface area (Å²) in [5.74, 6) is 0.381. The van der Waals surface area contributed by atoms with E-state index in [0.29, 0.717) is 21.6 Å². The number of aryl methyl sites for hydroxylation is 1. The summed E-state index contributed by atoms with van der Waals surface area (Å²) in [7, 11) is 0. The van der Waals surface area contributed by atoms with Crippen LogP contribution in [0.4, 0.5) is 10.6 Å². The van der Waals surface area contributed by atoms with Gasteiger partial charge in [0.15, 0.2) is 5.82 Å². The highest BCUT2D eigenvalue weighted by molar-refractivity contribution is 6.35. The molecule has 22 heavy (non-hydrogen) atoms. The Bertz CT molecular complexity index is 687. The summed E-state index contributed by atoms with van der Waals surface area (Å²) >= 11 is 12.0. The van der Waals surface area contributed by atoms with Gasteiger partial charge in [-0.15, -0.1) is 5.10 Å². The molecule has 0 saturated carbocycles. The fraction of sp³-hybridized carbons (Fsp3) is 0.286. The van der Waals surface area contributed by atoms with Crippen molar-refractivity contribution in [2.75, 3.05) is 11.9 Å². The number of aliphatic hydroxyl groups is 1. The van der Waals surface area contributed by atoms with Crippen LogP contribution in [0.3, 0.4) is 0 Å². The minimum atomic E-state index is -0.437. The van der Waals surface area contributed by atoms with E-state index in [9.17, 15) is 4.79 Å². The Hall–Kier alpha value is -1.76. The number of urea groups is 1. The predicted octanol–water partition coefficient (Wildman–Crippen LogP) is 2.99. The van der Waals surface area contributed by atoms with Crippen molar-refractivity contribution < 1.29 is 9.90 Å². The van der Waals surface area contributed by atoms with Gasteiger partial charge in [0, 0.05) is 16.8 Å². The van der Waals surface area contributed by atoms with Crippen LogP contribution in [0.25, 0.3) is 5.69 Å². The van der Waals surface area contributed by atoms with E-state index >= 15 is 0 Å². The molecular formula is C14H16Cl2N4O2. The highest BCUT2D eigenvalue weighted by Crippen LogP contribution is 2.25. The fourth-order valence-corrected chi connectivity index (χ4v) is 2.34. The number of carbonyl (C=O) groups excluding carboxylic acids is 1. The maximum absolute atomic E-state index is 11.7. The molecule has 8 heteroatoms. The number of halogens is 2. The topological polar surface area (TPSA) is 79.2 Å². The van der Waals surface area contributed by atoms with Crippen molar-refractivity contribution in [2.45, 2.75) is 19.9 Å². The van der Waals surface area contributed by atoms with Gasteiger partial charge in [0.05, 0.1) is 23.4 Å². The standard InChI is InChI=1S/C14H16Cl2N4O2/c1-8(7-21)17-14(22)18-13-5-9(2)20(19-13)12-4-3-10(15)6-11(12)16/h3-6,8,21H,7H2,1-2H3,(H2,17,18,19,22). The number of hydrogen-bond donors (Lipinski definition) is 3. The second-order valence-corrected chi connectivity index (χ2v) is 5.70. The molecule has 1 atom stereocenters. The van der Waals surface area contributed by atoms with Gasteiger partial charge < -0.3 is 10.4 Å². The molecule has 0 saturated heterocycles. The van der Waals surface area contributed by atoms with E-state index in [1.807, 2.05) is 6.92 Å². The van der Waals surface area contributed by atoms with Crippen molar-refractivity contribution in [2.24, 2.45) is 0 Å². The lowest BCUT2D eigenvalue weighted by atomic mass is 10.3. The third-order valence-corrected chi connectivity index (χ3v) is 3.46. The first-order valence-corrected chi connectivity index (χ1v) is 7.36. The van der Waals surface area contributed by atoms with Crippen LogP contribution in [0.1, 0.15) is 12.6 Å². The number of anilines is 1. The minimum Gasteiger partial charge on any atom is -0.394 e. The number of nitrogens with one attached hydrogen (secondary N) is 2. The second kappa shape index (κ2) is 7.00. The van der Waals surface area contributed by atoms with Crippen molar-refractivity contribution >= 4 is 35.1 Å². The number of hydrogen-bond acceptors (Lipinski definition) is 3. The number of carbonyl (C=O) groups is 1. The van der Waals surface area contributed by atoms with Crippen molar-refractivity contribution in [3.05, 3.63) is 40.0 Å². The van der Waals surface area contributed by atoms with E-state index in [1.165, 1.54) is 0 Å². The van der Waals surface area contributed by atoms with Crippen molar-refractivity contribution in [3.63, 3.8) is 0 Å². The van der Waals surface area contributed by atoms with Crippen LogP contribution in [-0.2, 0) is 0 Å². The molecule has 118 valence electrons. The summed E-state index contributed by atoms with van der Waals surface area (Å²) in [6, 6.07) is 6.04. The third kappa shape index (κ3) is 3.91. The van der Waals surface area contributed by atoms with Gasteiger partial charge in [-0.3, -0.25) is 5.32 Å². The molecule has 2 amide bonds. The molecule has 1 heterocycles. The van der Waals surface area contributed by atoms with Crippen LogP contribution in [0, 0.1) is 6.92 Å². The molecule has 1 aromatic carbocycles. The number of aromatic nitrogens is 2. The van der Waals surface area contributed by atoms with Gasteiger partial charge in [-0.2, -0.15) is 0 Å². The summed E-state index contributed by atoms with van der Waals surface area (Å²) in [6.07, 6.45) is 0. The van der Waals surface area contributed by atoms with Crippen molar-refractivity contribution in [1.82, 2.24) is 15.1 Å². The molecule has 1 aromatic heterocycles. The summed E-state index contributed by atoms with van der Waals surface area (Å²) in [5.41, 5.74) is 1.47. The number of nitrogens with zero attached hydrogens (tertiary/aromatic N) is 2. The Morgan fingerprint density at radius 1 is 1.41 bits per heavy atom. The summed E-state index contributed by atoms with van der Waals surface area (Å²) < 4.78 is 1.61. The highest BCUT2D eigenvalue weighted by atomic mass is 35.5. The zero-order valence-electron chi connectivity index (χ0n) is 12.1. The number of aliphatic hydroxyl groups excluding tert-OH is 1. The van der Waals surface area contributed by atoms with Crippen LogP contribution in [-0.4, -0.2) is 33.6 Å². The van der Waals surface area contributed by atoms with Gasteiger partial charge in [-0.1, -0.05) is 23.2 Å². The first kappa shape index (κ1) is 16.6. The average Bonchev–Trinajstić information content (AvgIpc) is 2.79. The van der Waals surface area contributed by atoms with Crippen molar-refractivity contribution in [3.8, 4) is 5.69 Å². The smallest absolute Gasteiger partial charge is 0.320 e. The molecule has 2 rings (SSSR count). The Morgan fingerprint density at radius 3 is 2.77 bits per heavy atom.